The molecule has 0 aliphatic carbocycles. The Bertz CT molecular complexity index is 590. The van der Waals surface area contributed by atoms with Crippen molar-refractivity contribution in [2.75, 3.05) is 36.0 Å². The molecule has 1 aliphatic heterocycles. The van der Waals surface area contributed by atoms with Gasteiger partial charge in [0.05, 0.1) is 0 Å². The number of thiazole rings is 1. The highest BCUT2D eigenvalue weighted by Gasteiger charge is 2.22. The van der Waals surface area contributed by atoms with Crippen LogP contribution < -0.4 is 15.5 Å². The Morgan fingerprint density at radius 2 is 1.75 bits per heavy atom. The van der Waals surface area contributed by atoms with Crippen LogP contribution >= 0.6 is 11.3 Å². The maximum atomic E-state index is 7.58. The summed E-state index contributed by atoms with van der Waals surface area (Å²) in [5.74, 6) is 0.647. The van der Waals surface area contributed by atoms with E-state index in [1.54, 1.807) is 23.7 Å². The number of nitrogen functional groups attached to an aromatic ring is 1. The van der Waals surface area contributed by atoms with Crippen LogP contribution in [0.2, 0.25) is 0 Å². The van der Waals surface area contributed by atoms with Crippen LogP contribution in [-0.2, 0) is 0 Å². The van der Waals surface area contributed by atoms with Crippen LogP contribution in [0.4, 0.5) is 10.9 Å². The van der Waals surface area contributed by atoms with Crippen molar-refractivity contribution >= 4 is 28.1 Å². The van der Waals surface area contributed by atoms with Gasteiger partial charge in [-0.15, -0.1) is 11.3 Å². The van der Waals surface area contributed by atoms with Crippen molar-refractivity contribution in [1.29, 1.82) is 5.41 Å². The number of hydrogen-bond acceptors (Lipinski definition) is 7. The quantitative estimate of drug-likeness (QED) is 0.632. The normalized spacial score (nSPS) is 15.4. The molecule has 8 heteroatoms. The molecule has 2 aromatic heterocycles. The van der Waals surface area contributed by atoms with E-state index >= 15 is 0 Å². The van der Waals surface area contributed by atoms with E-state index in [0.717, 1.165) is 31.3 Å². The summed E-state index contributed by atoms with van der Waals surface area (Å²) in [6.07, 6.45) is 5.02. The van der Waals surface area contributed by atoms with Gasteiger partial charge in [-0.2, -0.15) is 0 Å². The van der Waals surface area contributed by atoms with Gasteiger partial charge >= 0.3 is 0 Å². The fourth-order valence-electron chi connectivity index (χ4n) is 2.23. The van der Waals surface area contributed by atoms with Gasteiger partial charge in [0.2, 0.25) is 0 Å². The first kappa shape index (κ1) is 12.8. The fraction of sp³-hybridized carbons (Fsp3) is 0.333. The molecule has 104 valence electrons. The molecule has 2 aromatic rings. The van der Waals surface area contributed by atoms with Gasteiger partial charge < -0.3 is 15.5 Å². The van der Waals surface area contributed by atoms with Gasteiger partial charge in [-0.3, -0.25) is 5.41 Å². The van der Waals surface area contributed by atoms with Gasteiger partial charge in [-0.05, 0) is 0 Å². The predicted molar refractivity (Wildman–Crippen MR) is 79.6 cm³/mol. The molecule has 0 radical (unpaired) electrons. The number of amidine groups is 1. The molecule has 0 unspecified atom stereocenters. The van der Waals surface area contributed by atoms with Crippen LogP contribution in [-0.4, -0.2) is 47.0 Å². The van der Waals surface area contributed by atoms with Crippen molar-refractivity contribution in [3.05, 3.63) is 29.7 Å². The third-order valence-electron chi connectivity index (χ3n) is 3.20. The standard InChI is InChI=1S/C12H15N7S/c13-10(14)9-11(16-2-1-15-9)18-4-6-19(7-5-18)12-17-3-8-20-12/h1-3,8H,4-7H2,(H3,13,14). The van der Waals surface area contributed by atoms with E-state index in [2.05, 4.69) is 24.8 Å². The second-order valence-corrected chi connectivity index (χ2v) is 5.30. The van der Waals surface area contributed by atoms with E-state index in [0.29, 0.717) is 11.5 Å². The number of nitrogens with zero attached hydrogens (tertiary/aromatic N) is 5. The van der Waals surface area contributed by atoms with E-state index in [1.807, 2.05) is 11.6 Å². The molecule has 3 rings (SSSR count). The van der Waals surface area contributed by atoms with Crippen LogP contribution in [0.3, 0.4) is 0 Å². The molecule has 1 fully saturated rings. The van der Waals surface area contributed by atoms with Crippen LogP contribution in [0.25, 0.3) is 0 Å². The van der Waals surface area contributed by atoms with Crippen molar-refractivity contribution in [1.82, 2.24) is 15.0 Å². The summed E-state index contributed by atoms with van der Waals surface area (Å²) in [4.78, 5) is 17.2. The SMILES string of the molecule is N=C(N)c1nccnc1N1CCN(c2nccs2)CC1. The van der Waals surface area contributed by atoms with Gasteiger partial charge in [0.15, 0.2) is 10.9 Å². The third kappa shape index (κ3) is 2.42. The number of rotatable bonds is 3. The second-order valence-electron chi connectivity index (χ2n) is 4.43. The molecule has 0 amide bonds. The number of hydrogen-bond donors (Lipinski definition) is 2. The molecule has 0 saturated carbocycles. The minimum atomic E-state index is -0.0459. The maximum absolute atomic E-state index is 7.58. The highest BCUT2D eigenvalue weighted by Crippen LogP contribution is 2.22. The predicted octanol–water partition coefficient (Wildman–Crippen LogP) is 0.544. The van der Waals surface area contributed by atoms with Crippen LogP contribution in [0, 0.1) is 5.41 Å². The third-order valence-corrected chi connectivity index (χ3v) is 4.04. The molecule has 0 spiro atoms. The minimum Gasteiger partial charge on any atom is -0.382 e. The molecular formula is C12H15N7S. The molecule has 3 heterocycles. The van der Waals surface area contributed by atoms with Gasteiger partial charge in [0.25, 0.3) is 0 Å². The largest absolute Gasteiger partial charge is 0.382 e. The first-order valence-electron chi connectivity index (χ1n) is 6.30. The lowest BCUT2D eigenvalue weighted by molar-refractivity contribution is 0.644. The molecule has 1 aliphatic rings. The van der Waals surface area contributed by atoms with Crippen LogP contribution in [0.5, 0.6) is 0 Å². The zero-order valence-corrected chi connectivity index (χ0v) is 11.7. The average molecular weight is 289 g/mol. The number of piperazine rings is 1. The van der Waals surface area contributed by atoms with Crippen LogP contribution in [0.1, 0.15) is 5.69 Å². The maximum Gasteiger partial charge on any atom is 0.185 e. The number of aromatic nitrogens is 3. The Morgan fingerprint density at radius 1 is 1.05 bits per heavy atom. The Hall–Kier alpha value is -2.22. The number of anilines is 2. The van der Waals surface area contributed by atoms with Crippen molar-refractivity contribution < 1.29 is 0 Å². The Balaban J connectivity index is 1.74. The minimum absolute atomic E-state index is 0.0459. The Morgan fingerprint density at radius 3 is 2.40 bits per heavy atom. The summed E-state index contributed by atoms with van der Waals surface area (Å²) in [5, 5.41) is 10.6. The van der Waals surface area contributed by atoms with E-state index < -0.39 is 0 Å². The van der Waals surface area contributed by atoms with Crippen molar-refractivity contribution in [2.45, 2.75) is 0 Å². The zero-order valence-electron chi connectivity index (χ0n) is 10.9. The summed E-state index contributed by atoms with van der Waals surface area (Å²) in [5.41, 5.74) is 6.01. The van der Waals surface area contributed by atoms with E-state index in [4.69, 9.17) is 11.1 Å². The second kappa shape index (κ2) is 5.41. The molecule has 1 saturated heterocycles. The fourth-order valence-corrected chi connectivity index (χ4v) is 2.93. The van der Waals surface area contributed by atoms with E-state index in [9.17, 15) is 0 Å². The highest BCUT2D eigenvalue weighted by molar-refractivity contribution is 7.13. The van der Waals surface area contributed by atoms with E-state index in [1.165, 1.54) is 0 Å². The highest BCUT2D eigenvalue weighted by atomic mass is 32.1. The average Bonchev–Trinajstić information content (AvgIpc) is 3.02. The van der Waals surface area contributed by atoms with Gasteiger partial charge in [-0.1, -0.05) is 0 Å². The van der Waals surface area contributed by atoms with Crippen molar-refractivity contribution in [3.63, 3.8) is 0 Å². The summed E-state index contributed by atoms with van der Waals surface area (Å²) < 4.78 is 0. The molecule has 0 bridgehead atoms. The van der Waals surface area contributed by atoms with Gasteiger partial charge in [0, 0.05) is 50.1 Å². The zero-order chi connectivity index (χ0) is 13.9. The molecule has 20 heavy (non-hydrogen) atoms. The Labute approximate surface area is 120 Å². The summed E-state index contributed by atoms with van der Waals surface area (Å²) in [6.45, 7) is 3.39. The topological polar surface area (TPSA) is 95.0 Å². The summed E-state index contributed by atoms with van der Waals surface area (Å²) >= 11 is 1.65. The lowest BCUT2D eigenvalue weighted by Crippen LogP contribution is -2.47. The Kier molecular flexibility index (Phi) is 3.46. The smallest absolute Gasteiger partial charge is 0.185 e. The van der Waals surface area contributed by atoms with Crippen molar-refractivity contribution in [3.8, 4) is 0 Å². The number of nitrogens with two attached hydrogens (primary N) is 1. The first-order chi connectivity index (χ1) is 9.75. The summed E-state index contributed by atoms with van der Waals surface area (Å²) in [7, 11) is 0. The molecule has 3 N–H and O–H groups in total. The van der Waals surface area contributed by atoms with Gasteiger partial charge in [0.1, 0.15) is 11.5 Å². The monoisotopic (exact) mass is 289 g/mol. The summed E-state index contributed by atoms with van der Waals surface area (Å²) in [6, 6.07) is 0. The van der Waals surface area contributed by atoms with Crippen LogP contribution in [0.15, 0.2) is 24.0 Å². The number of nitrogens with one attached hydrogen (secondary N) is 1. The molecule has 7 nitrogen and oxygen atoms in total. The molecule has 0 aromatic carbocycles. The molecule has 0 atom stereocenters. The molecular weight excluding hydrogens is 274 g/mol. The van der Waals surface area contributed by atoms with E-state index in [-0.39, 0.29) is 5.84 Å². The first-order valence-corrected chi connectivity index (χ1v) is 7.18. The lowest BCUT2D eigenvalue weighted by Gasteiger charge is -2.35. The van der Waals surface area contributed by atoms with Crippen molar-refractivity contribution in [2.24, 2.45) is 5.73 Å². The van der Waals surface area contributed by atoms with Gasteiger partial charge in [-0.25, -0.2) is 15.0 Å². The lowest BCUT2D eigenvalue weighted by atomic mass is 10.3.